The topological polar surface area (TPSA) is 122 Å². The maximum atomic E-state index is 13.2. The van der Waals surface area contributed by atoms with E-state index in [1.165, 1.54) is 17.2 Å². The number of nitrogens with zero attached hydrogens (tertiary/aromatic N) is 2. The Balaban J connectivity index is 1.88. The predicted molar refractivity (Wildman–Crippen MR) is 146 cm³/mol. The molecule has 0 aromatic carbocycles. The highest BCUT2D eigenvalue weighted by atomic mass is 16.5. The lowest BCUT2D eigenvalue weighted by Gasteiger charge is -2.27. The highest BCUT2D eigenvalue weighted by Gasteiger charge is 2.33. The Kier molecular flexibility index (Phi) is 10.5. The van der Waals surface area contributed by atoms with Crippen LogP contribution in [-0.2, 0) is 20.7 Å². The highest BCUT2D eigenvalue weighted by molar-refractivity contribution is 6.00. The van der Waals surface area contributed by atoms with Crippen molar-refractivity contribution >= 4 is 17.8 Å². The zero-order chi connectivity index (χ0) is 28.5. The fourth-order valence-corrected chi connectivity index (χ4v) is 4.59. The summed E-state index contributed by atoms with van der Waals surface area (Å²) < 4.78 is 11.4. The maximum absolute atomic E-state index is 13.2. The molecule has 0 unspecified atom stereocenters. The van der Waals surface area contributed by atoms with Gasteiger partial charge in [-0.1, -0.05) is 56.7 Å². The third-order valence-electron chi connectivity index (χ3n) is 6.59. The first kappa shape index (κ1) is 29.7. The van der Waals surface area contributed by atoms with Gasteiger partial charge in [-0.3, -0.25) is 9.59 Å². The zero-order valence-corrected chi connectivity index (χ0v) is 22.9. The van der Waals surface area contributed by atoms with Gasteiger partial charge in [-0.25, -0.2) is 9.78 Å². The number of esters is 1. The molecule has 9 nitrogen and oxygen atoms in total. The molecule has 1 aromatic rings. The van der Waals surface area contributed by atoms with E-state index in [4.69, 9.17) is 15.6 Å². The lowest BCUT2D eigenvalue weighted by molar-refractivity contribution is -0.149. The fourth-order valence-electron chi connectivity index (χ4n) is 4.59. The van der Waals surface area contributed by atoms with E-state index >= 15 is 0 Å². The number of cyclic esters (lactones) is 1. The number of allylic oxidation sites excluding steroid dienone is 2. The van der Waals surface area contributed by atoms with Gasteiger partial charge in [0.05, 0.1) is 6.10 Å². The molecule has 0 saturated heterocycles. The summed E-state index contributed by atoms with van der Waals surface area (Å²) in [6.07, 6.45) is 16.7. The van der Waals surface area contributed by atoms with E-state index in [1.807, 2.05) is 27.7 Å². The van der Waals surface area contributed by atoms with Crippen LogP contribution in [0.25, 0.3) is 0 Å². The van der Waals surface area contributed by atoms with Crippen LogP contribution < -0.4 is 5.32 Å². The van der Waals surface area contributed by atoms with Gasteiger partial charge in [0.15, 0.2) is 11.6 Å². The van der Waals surface area contributed by atoms with Gasteiger partial charge in [0.25, 0.3) is 5.91 Å². The van der Waals surface area contributed by atoms with Crippen molar-refractivity contribution in [2.24, 2.45) is 17.8 Å². The third kappa shape index (κ3) is 8.29. The van der Waals surface area contributed by atoms with E-state index in [0.717, 1.165) is 5.57 Å². The van der Waals surface area contributed by atoms with Crippen LogP contribution in [0.15, 0.2) is 58.4 Å². The van der Waals surface area contributed by atoms with Crippen LogP contribution in [0.3, 0.4) is 0 Å². The van der Waals surface area contributed by atoms with Crippen LogP contribution in [0.2, 0.25) is 0 Å². The van der Waals surface area contributed by atoms with E-state index in [9.17, 15) is 19.5 Å². The van der Waals surface area contributed by atoms with Gasteiger partial charge in [0, 0.05) is 31.3 Å². The molecular formula is C30H37N3O6. The molecule has 2 aliphatic heterocycles. The Morgan fingerprint density at radius 3 is 2.74 bits per heavy atom. The number of carbonyl (C=O) groups excluding carboxylic acids is 3. The molecule has 4 atom stereocenters. The summed E-state index contributed by atoms with van der Waals surface area (Å²) in [4.78, 5) is 44.4. The molecule has 0 radical (unpaired) electrons. The molecule has 0 aliphatic carbocycles. The number of carbonyl (C=O) groups is 3. The molecular weight excluding hydrogens is 498 g/mol. The van der Waals surface area contributed by atoms with Gasteiger partial charge in [-0.2, -0.15) is 0 Å². The van der Waals surface area contributed by atoms with E-state index in [-0.39, 0.29) is 53.8 Å². The lowest BCUT2D eigenvalue weighted by atomic mass is 9.94. The predicted octanol–water partition coefficient (Wildman–Crippen LogP) is 3.34. The van der Waals surface area contributed by atoms with Crippen LogP contribution in [0.5, 0.6) is 0 Å². The molecule has 3 rings (SSSR count). The lowest BCUT2D eigenvalue weighted by Crippen LogP contribution is -2.36. The Morgan fingerprint density at radius 1 is 1.26 bits per heavy atom. The molecule has 3 heterocycles. The van der Waals surface area contributed by atoms with Crippen molar-refractivity contribution in [3.8, 4) is 12.3 Å². The number of rotatable bonds is 1. The zero-order valence-electron chi connectivity index (χ0n) is 22.9. The summed E-state index contributed by atoms with van der Waals surface area (Å²) in [7, 11) is 0. The molecule has 0 fully saturated rings. The summed E-state index contributed by atoms with van der Waals surface area (Å²) in [6, 6.07) is 0. The fraction of sp³-hybridized carbons (Fsp3) is 0.467. The Labute approximate surface area is 229 Å². The Morgan fingerprint density at radius 2 is 2.03 bits per heavy atom. The summed E-state index contributed by atoms with van der Waals surface area (Å²) >= 11 is 0. The first-order valence-electron chi connectivity index (χ1n) is 13.2. The Bertz CT molecular complexity index is 1220. The van der Waals surface area contributed by atoms with Crippen molar-refractivity contribution < 1.29 is 28.6 Å². The van der Waals surface area contributed by atoms with E-state index < -0.39 is 24.1 Å². The van der Waals surface area contributed by atoms with Gasteiger partial charge in [-0.05, 0) is 31.8 Å². The molecule has 208 valence electrons. The first-order chi connectivity index (χ1) is 18.6. The highest BCUT2D eigenvalue weighted by Crippen LogP contribution is 2.25. The normalized spacial score (nSPS) is 28.8. The molecule has 1 aromatic heterocycles. The number of oxazole rings is 1. The van der Waals surface area contributed by atoms with Crippen molar-refractivity contribution in [1.82, 2.24) is 15.2 Å². The number of nitrogens with one attached hydrogen (secondary N) is 1. The smallest absolute Gasteiger partial charge is 0.355 e. The van der Waals surface area contributed by atoms with E-state index in [2.05, 4.69) is 16.2 Å². The van der Waals surface area contributed by atoms with Crippen LogP contribution in [0.1, 0.15) is 56.9 Å². The quantitative estimate of drug-likeness (QED) is 0.418. The number of amides is 2. The molecule has 2 amide bonds. The summed E-state index contributed by atoms with van der Waals surface area (Å²) in [6.45, 7) is 8.19. The van der Waals surface area contributed by atoms with Crippen LogP contribution >= 0.6 is 0 Å². The largest absolute Gasteiger partial charge is 0.457 e. The van der Waals surface area contributed by atoms with Crippen molar-refractivity contribution in [3.05, 3.63) is 65.6 Å². The minimum atomic E-state index is -0.801. The van der Waals surface area contributed by atoms with Crippen LogP contribution in [-0.4, -0.2) is 58.1 Å². The maximum Gasteiger partial charge on any atom is 0.355 e. The number of terminal acetylenes is 1. The van der Waals surface area contributed by atoms with Gasteiger partial charge in [0.2, 0.25) is 5.91 Å². The second kappa shape index (κ2) is 13.8. The summed E-state index contributed by atoms with van der Waals surface area (Å²) in [5.74, 6) is 0.894. The second-order valence-corrected chi connectivity index (χ2v) is 10.2. The molecule has 0 spiro atoms. The van der Waals surface area contributed by atoms with E-state index in [0.29, 0.717) is 19.5 Å². The molecule has 2 N–H and O–H groups in total. The average molecular weight is 536 g/mol. The van der Waals surface area contributed by atoms with Crippen LogP contribution in [0, 0.1) is 30.1 Å². The molecule has 0 saturated carbocycles. The average Bonchev–Trinajstić information content (AvgIpc) is 3.57. The van der Waals surface area contributed by atoms with Gasteiger partial charge >= 0.3 is 5.97 Å². The van der Waals surface area contributed by atoms with Gasteiger partial charge in [0.1, 0.15) is 18.1 Å². The number of fused-ring (bicyclic) bond motifs is 3. The van der Waals surface area contributed by atoms with Gasteiger partial charge < -0.3 is 24.5 Å². The summed E-state index contributed by atoms with van der Waals surface area (Å²) in [5.41, 5.74) is 1.03. The number of hydrogen-bond acceptors (Lipinski definition) is 7. The minimum absolute atomic E-state index is 0.0347. The second-order valence-electron chi connectivity index (χ2n) is 10.2. The SMILES string of the molecule is C#C[C@H]1Cc2nc(co2)C(=O)N2CCC=C2C(=O)O[C@H](C(C)C)[C@H](C)/C=C\C(=O)NC/C=C\C(C)=C/[C@@H](O)C1. The van der Waals surface area contributed by atoms with Crippen molar-refractivity contribution in [3.63, 3.8) is 0 Å². The van der Waals surface area contributed by atoms with Crippen LogP contribution in [0.4, 0.5) is 0 Å². The number of aromatic nitrogens is 1. The minimum Gasteiger partial charge on any atom is -0.457 e. The first-order valence-corrected chi connectivity index (χ1v) is 13.2. The van der Waals surface area contributed by atoms with Crippen molar-refractivity contribution in [1.29, 1.82) is 0 Å². The number of ether oxygens (including phenoxy) is 1. The third-order valence-corrected chi connectivity index (χ3v) is 6.59. The Hall–Kier alpha value is -3.90. The number of aliphatic hydroxyl groups is 1. The summed E-state index contributed by atoms with van der Waals surface area (Å²) in [5, 5.41) is 13.3. The number of aliphatic hydroxyl groups excluding tert-OH is 1. The molecule has 39 heavy (non-hydrogen) atoms. The van der Waals surface area contributed by atoms with Crippen molar-refractivity contribution in [2.45, 2.75) is 59.2 Å². The molecule has 9 heteroatoms. The molecule has 2 bridgehead atoms. The molecule has 2 aliphatic rings. The number of hydrogen-bond donors (Lipinski definition) is 2. The standard InChI is InChI=1S/C30H37N3O6/c1-6-22-16-23(34)15-20(4)9-7-13-31-26(35)12-11-21(5)28(19(2)3)39-30(37)25-10-8-14-33(25)29(36)24-18-38-27(17-22)32-24/h1,7,9-12,15,18-19,21-23,28,34H,8,13-14,16-17H2,2-5H3,(H,31,35)/b9-7-,12-11-,20-15-/t21-,22-,23-,28-/m1/s1. The van der Waals surface area contributed by atoms with E-state index in [1.54, 1.807) is 30.4 Å². The monoisotopic (exact) mass is 535 g/mol. The van der Waals surface area contributed by atoms with Crippen molar-refractivity contribution in [2.75, 3.05) is 13.1 Å². The van der Waals surface area contributed by atoms with Gasteiger partial charge in [-0.15, -0.1) is 12.3 Å².